The lowest BCUT2D eigenvalue weighted by molar-refractivity contribution is 0.0777. The fourth-order valence-corrected chi connectivity index (χ4v) is 3.09. The Labute approximate surface area is 118 Å². The number of thiazole rings is 1. The van der Waals surface area contributed by atoms with Crippen LogP contribution in [0.4, 0.5) is 0 Å². The Morgan fingerprint density at radius 1 is 1.61 bits per heavy atom. The molecule has 0 bridgehead atoms. The maximum atomic E-state index is 12.3. The average Bonchev–Trinajstić information content (AvgIpc) is 2.84. The Bertz CT molecular complexity index is 576. The minimum atomic E-state index is 0.00857. The Hall–Kier alpha value is -1.14. The molecule has 1 amide bonds. The van der Waals surface area contributed by atoms with Crippen LogP contribution >= 0.6 is 27.3 Å². The number of carbonyl (C=O) groups excluding carboxylic acids is 1. The summed E-state index contributed by atoms with van der Waals surface area (Å²) in [4.78, 5) is 19.2. The molecule has 0 aliphatic carbocycles. The van der Waals surface area contributed by atoms with Gasteiger partial charge in [0, 0.05) is 35.8 Å². The van der Waals surface area contributed by atoms with Gasteiger partial charge in [-0.25, -0.2) is 4.98 Å². The van der Waals surface area contributed by atoms with Crippen LogP contribution in [-0.4, -0.2) is 27.4 Å². The number of aryl methyl sites for hydroxylation is 2. The van der Waals surface area contributed by atoms with Crippen molar-refractivity contribution in [2.45, 2.75) is 13.5 Å². The minimum Gasteiger partial charge on any atom is -0.345 e. The zero-order valence-electron chi connectivity index (χ0n) is 10.5. The molecule has 0 aromatic carbocycles. The van der Waals surface area contributed by atoms with Crippen LogP contribution in [0.3, 0.4) is 0 Å². The molecule has 2 aromatic rings. The van der Waals surface area contributed by atoms with Gasteiger partial charge in [-0.2, -0.15) is 0 Å². The van der Waals surface area contributed by atoms with Gasteiger partial charge in [0.15, 0.2) is 0 Å². The zero-order chi connectivity index (χ0) is 13.3. The second-order valence-corrected chi connectivity index (χ2v) is 6.40. The third-order valence-electron chi connectivity index (χ3n) is 2.60. The highest BCUT2D eigenvalue weighted by Gasteiger charge is 2.16. The van der Waals surface area contributed by atoms with Crippen LogP contribution in [0.15, 0.2) is 22.9 Å². The van der Waals surface area contributed by atoms with E-state index >= 15 is 0 Å². The van der Waals surface area contributed by atoms with Gasteiger partial charge in [-0.1, -0.05) is 0 Å². The first-order valence-corrected chi connectivity index (χ1v) is 7.07. The van der Waals surface area contributed by atoms with E-state index in [1.54, 1.807) is 23.3 Å². The van der Waals surface area contributed by atoms with Crippen molar-refractivity contribution >= 4 is 33.2 Å². The number of aromatic nitrogens is 2. The number of halogens is 1. The summed E-state index contributed by atoms with van der Waals surface area (Å²) in [5, 5.41) is 1.02. The molecule has 0 saturated heterocycles. The van der Waals surface area contributed by atoms with Crippen molar-refractivity contribution in [2.24, 2.45) is 7.05 Å². The third-order valence-corrected chi connectivity index (χ3v) is 3.93. The van der Waals surface area contributed by atoms with Crippen molar-refractivity contribution in [1.82, 2.24) is 14.5 Å². The summed E-state index contributed by atoms with van der Waals surface area (Å²) >= 11 is 4.99. The van der Waals surface area contributed by atoms with Gasteiger partial charge in [0.2, 0.25) is 0 Å². The first kappa shape index (κ1) is 13.3. The molecular formula is C12H14BrN3OS. The van der Waals surface area contributed by atoms with Crippen molar-refractivity contribution in [3.63, 3.8) is 0 Å². The predicted octanol–water partition coefficient (Wildman–Crippen LogP) is 2.82. The number of carbonyl (C=O) groups is 1. The van der Waals surface area contributed by atoms with E-state index in [1.807, 2.05) is 37.0 Å². The molecular weight excluding hydrogens is 314 g/mol. The van der Waals surface area contributed by atoms with Crippen LogP contribution in [0.1, 0.15) is 20.4 Å². The smallest absolute Gasteiger partial charge is 0.270 e. The van der Waals surface area contributed by atoms with Gasteiger partial charge < -0.3 is 9.47 Å². The number of hydrogen-bond acceptors (Lipinski definition) is 3. The summed E-state index contributed by atoms with van der Waals surface area (Å²) < 4.78 is 2.73. The van der Waals surface area contributed by atoms with Gasteiger partial charge in [-0.05, 0) is 28.9 Å². The van der Waals surface area contributed by atoms with Crippen molar-refractivity contribution in [3.8, 4) is 0 Å². The summed E-state index contributed by atoms with van der Waals surface area (Å²) in [6, 6.07) is 1.83. The lowest BCUT2D eigenvalue weighted by atomic mass is 10.3. The van der Waals surface area contributed by atoms with Crippen LogP contribution in [-0.2, 0) is 13.6 Å². The fourth-order valence-electron chi connectivity index (χ4n) is 1.72. The lowest BCUT2D eigenvalue weighted by Gasteiger charge is -2.16. The molecule has 0 atom stereocenters. The number of amides is 1. The van der Waals surface area contributed by atoms with Gasteiger partial charge in [0.25, 0.3) is 5.91 Å². The number of rotatable bonds is 3. The summed E-state index contributed by atoms with van der Waals surface area (Å²) in [6.07, 6.45) is 3.70. The first-order valence-electron chi connectivity index (χ1n) is 5.46. The van der Waals surface area contributed by atoms with Crippen molar-refractivity contribution in [1.29, 1.82) is 0 Å². The molecule has 4 nitrogen and oxygen atoms in total. The Kier molecular flexibility index (Phi) is 3.87. The van der Waals surface area contributed by atoms with Gasteiger partial charge >= 0.3 is 0 Å². The summed E-state index contributed by atoms with van der Waals surface area (Å²) in [6.45, 7) is 2.55. The molecule has 96 valence electrons. The maximum Gasteiger partial charge on any atom is 0.270 e. The molecule has 0 aliphatic rings. The molecule has 0 N–H and O–H groups in total. The van der Waals surface area contributed by atoms with E-state index in [-0.39, 0.29) is 5.91 Å². The highest BCUT2D eigenvalue weighted by Crippen LogP contribution is 2.18. The van der Waals surface area contributed by atoms with Crippen molar-refractivity contribution in [2.75, 3.05) is 7.05 Å². The number of hydrogen-bond donors (Lipinski definition) is 0. The Balaban J connectivity index is 2.11. The highest BCUT2D eigenvalue weighted by molar-refractivity contribution is 9.10. The highest BCUT2D eigenvalue weighted by atomic mass is 79.9. The Morgan fingerprint density at radius 3 is 2.83 bits per heavy atom. The molecule has 2 rings (SSSR count). The molecule has 2 aromatic heterocycles. The first-order chi connectivity index (χ1) is 8.47. The van der Waals surface area contributed by atoms with Crippen LogP contribution < -0.4 is 0 Å². The lowest BCUT2D eigenvalue weighted by Crippen LogP contribution is -2.27. The van der Waals surface area contributed by atoms with Crippen LogP contribution in [0, 0.1) is 6.92 Å². The minimum absolute atomic E-state index is 0.00857. The molecule has 6 heteroatoms. The van der Waals surface area contributed by atoms with Gasteiger partial charge in [-0.15, -0.1) is 11.3 Å². The van der Waals surface area contributed by atoms with Crippen molar-refractivity contribution < 1.29 is 4.79 Å². The molecule has 2 heterocycles. The zero-order valence-corrected chi connectivity index (χ0v) is 12.9. The van der Waals surface area contributed by atoms with Crippen LogP contribution in [0.5, 0.6) is 0 Å². The van der Waals surface area contributed by atoms with Gasteiger partial charge in [-0.3, -0.25) is 4.79 Å². The summed E-state index contributed by atoms with van der Waals surface area (Å²) in [5.41, 5.74) is 0.672. The second-order valence-electron chi connectivity index (χ2n) is 4.16. The van der Waals surface area contributed by atoms with Crippen molar-refractivity contribution in [3.05, 3.63) is 38.5 Å². The molecule has 0 unspecified atom stereocenters. The van der Waals surface area contributed by atoms with E-state index in [0.717, 1.165) is 14.4 Å². The van der Waals surface area contributed by atoms with E-state index in [0.29, 0.717) is 12.2 Å². The third kappa shape index (κ3) is 2.81. The quantitative estimate of drug-likeness (QED) is 0.869. The van der Waals surface area contributed by atoms with E-state index < -0.39 is 0 Å². The molecule has 0 saturated carbocycles. The monoisotopic (exact) mass is 327 g/mol. The SMILES string of the molecule is Cc1ncc(CN(C)C(=O)c2cc(Br)cn2C)s1. The topological polar surface area (TPSA) is 38.1 Å². The van der Waals surface area contributed by atoms with E-state index in [9.17, 15) is 4.79 Å². The molecule has 0 aliphatic heterocycles. The maximum absolute atomic E-state index is 12.3. The van der Waals surface area contributed by atoms with E-state index in [1.165, 1.54) is 0 Å². The van der Waals surface area contributed by atoms with E-state index in [2.05, 4.69) is 20.9 Å². The van der Waals surface area contributed by atoms with Crippen LogP contribution in [0.2, 0.25) is 0 Å². The summed E-state index contributed by atoms with van der Waals surface area (Å²) in [5.74, 6) is 0.00857. The van der Waals surface area contributed by atoms with E-state index in [4.69, 9.17) is 0 Å². The molecule has 0 spiro atoms. The van der Waals surface area contributed by atoms with Gasteiger partial charge in [0.1, 0.15) is 5.69 Å². The Morgan fingerprint density at radius 2 is 2.33 bits per heavy atom. The normalized spacial score (nSPS) is 10.7. The van der Waals surface area contributed by atoms with Crippen LogP contribution in [0.25, 0.3) is 0 Å². The van der Waals surface area contributed by atoms with Gasteiger partial charge in [0.05, 0.1) is 11.6 Å². The average molecular weight is 328 g/mol. The standard InChI is InChI=1S/C12H14BrN3OS/c1-8-14-5-10(18-8)7-16(3)12(17)11-4-9(13)6-15(11)2/h4-6H,7H2,1-3H3. The largest absolute Gasteiger partial charge is 0.345 e. The predicted molar refractivity (Wildman–Crippen MR) is 75.8 cm³/mol. The molecule has 0 radical (unpaired) electrons. The molecule has 0 fully saturated rings. The second kappa shape index (κ2) is 5.24. The fraction of sp³-hybridized carbons (Fsp3) is 0.333. The molecule has 18 heavy (non-hydrogen) atoms. The summed E-state index contributed by atoms with van der Waals surface area (Å²) in [7, 11) is 3.67. The number of nitrogens with zero attached hydrogens (tertiary/aromatic N) is 3.